The maximum absolute atomic E-state index is 12.5. The topological polar surface area (TPSA) is 71.1 Å². The van der Waals surface area contributed by atoms with Crippen molar-refractivity contribution in [1.29, 1.82) is 0 Å². The van der Waals surface area contributed by atoms with Gasteiger partial charge in [0, 0.05) is 44.8 Å². The summed E-state index contributed by atoms with van der Waals surface area (Å²) < 4.78 is 10.2. The predicted octanol–water partition coefficient (Wildman–Crippen LogP) is 2.63. The van der Waals surface area contributed by atoms with Gasteiger partial charge < -0.3 is 24.6 Å². The van der Waals surface area contributed by atoms with Crippen LogP contribution < -0.4 is 15.0 Å². The Morgan fingerprint density at radius 2 is 1.76 bits per heavy atom. The van der Waals surface area contributed by atoms with E-state index in [1.165, 1.54) is 7.11 Å². The van der Waals surface area contributed by atoms with Crippen LogP contribution in [-0.2, 0) is 9.53 Å². The lowest BCUT2D eigenvalue weighted by atomic mass is 10.2. The maximum atomic E-state index is 12.5. The van der Waals surface area contributed by atoms with Crippen molar-refractivity contribution >= 4 is 23.3 Å². The molecule has 0 aliphatic carbocycles. The van der Waals surface area contributed by atoms with Crippen LogP contribution in [0, 0.1) is 0 Å². The van der Waals surface area contributed by atoms with Gasteiger partial charge in [0.05, 0.1) is 25.5 Å². The van der Waals surface area contributed by atoms with Crippen molar-refractivity contribution in [3.63, 3.8) is 0 Å². The Morgan fingerprint density at radius 3 is 2.48 bits per heavy atom. The number of nitrogens with one attached hydrogen (secondary N) is 1. The van der Waals surface area contributed by atoms with Crippen LogP contribution in [0.5, 0.6) is 5.75 Å². The summed E-state index contributed by atoms with van der Waals surface area (Å²) in [6.45, 7) is 3.45. The van der Waals surface area contributed by atoms with Crippen molar-refractivity contribution < 1.29 is 19.1 Å². The fourth-order valence-electron chi connectivity index (χ4n) is 3.43. The molecule has 0 aromatic heterocycles. The predicted molar refractivity (Wildman–Crippen MR) is 113 cm³/mol. The number of anilines is 2. The standard InChI is InChI=1S/C22H27N3O4/c1-28-20-9-4-3-8-19(20)24-12-14-25(15-13-24)21(26)10-11-23-18-7-5-6-17(16-18)22(27)29-2/h3-9,16,23H,10-15H2,1-2H3. The van der Waals surface area contributed by atoms with Crippen LogP contribution in [0.2, 0.25) is 0 Å². The Balaban J connectivity index is 1.46. The molecule has 0 saturated carbocycles. The molecule has 154 valence electrons. The van der Waals surface area contributed by atoms with Crippen LogP contribution >= 0.6 is 0 Å². The molecule has 0 atom stereocenters. The lowest BCUT2D eigenvalue weighted by molar-refractivity contribution is -0.131. The SMILES string of the molecule is COC(=O)c1cccc(NCCC(=O)N2CCN(c3ccccc3OC)CC2)c1. The van der Waals surface area contributed by atoms with Crippen molar-refractivity contribution in [2.24, 2.45) is 0 Å². The largest absolute Gasteiger partial charge is 0.495 e. The first-order chi connectivity index (χ1) is 14.1. The molecule has 1 amide bonds. The van der Waals surface area contributed by atoms with E-state index in [-0.39, 0.29) is 11.9 Å². The van der Waals surface area contributed by atoms with E-state index in [2.05, 4.69) is 10.2 Å². The first-order valence-corrected chi connectivity index (χ1v) is 9.70. The molecule has 3 rings (SSSR count). The van der Waals surface area contributed by atoms with Gasteiger partial charge in [0.15, 0.2) is 0 Å². The molecule has 1 heterocycles. The summed E-state index contributed by atoms with van der Waals surface area (Å²) in [5.41, 5.74) is 2.34. The Morgan fingerprint density at radius 1 is 1.00 bits per heavy atom. The first-order valence-electron chi connectivity index (χ1n) is 9.70. The number of rotatable bonds is 7. The van der Waals surface area contributed by atoms with E-state index in [1.807, 2.05) is 35.2 Å². The second kappa shape index (κ2) is 9.82. The van der Waals surface area contributed by atoms with Gasteiger partial charge >= 0.3 is 5.97 Å². The van der Waals surface area contributed by atoms with Crippen molar-refractivity contribution in [2.75, 3.05) is 57.2 Å². The van der Waals surface area contributed by atoms with Crippen molar-refractivity contribution in [3.05, 3.63) is 54.1 Å². The van der Waals surface area contributed by atoms with Crippen LogP contribution in [0.25, 0.3) is 0 Å². The molecule has 0 spiro atoms. The quantitative estimate of drug-likeness (QED) is 0.725. The number of hydrogen-bond donors (Lipinski definition) is 1. The minimum atomic E-state index is -0.377. The molecule has 1 fully saturated rings. The van der Waals surface area contributed by atoms with Crippen LogP contribution in [0.4, 0.5) is 11.4 Å². The van der Waals surface area contributed by atoms with Crippen molar-refractivity contribution in [3.8, 4) is 5.75 Å². The molecule has 7 nitrogen and oxygen atoms in total. The average Bonchev–Trinajstić information content (AvgIpc) is 2.78. The van der Waals surface area contributed by atoms with Gasteiger partial charge in [-0.2, -0.15) is 0 Å². The van der Waals surface area contributed by atoms with Gasteiger partial charge in [-0.3, -0.25) is 4.79 Å². The van der Waals surface area contributed by atoms with E-state index in [0.29, 0.717) is 31.6 Å². The first kappa shape index (κ1) is 20.5. The Hall–Kier alpha value is -3.22. The van der Waals surface area contributed by atoms with E-state index in [0.717, 1.165) is 30.2 Å². The Kier molecular flexibility index (Phi) is 6.94. The van der Waals surface area contributed by atoms with Gasteiger partial charge in [-0.15, -0.1) is 0 Å². The van der Waals surface area contributed by atoms with E-state index in [4.69, 9.17) is 9.47 Å². The van der Waals surface area contributed by atoms with Gasteiger partial charge in [-0.25, -0.2) is 4.79 Å². The molecule has 2 aromatic carbocycles. The fraction of sp³-hybridized carbons (Fsp3) is 0.364. The summed E-state index contributed by atoms with van der Waals surface area (Å²) >= 11 is 0. The van der Waals surface area contributed by atoms with Crippen molar-refractivity contribution in [1.82, 2.24) is 4.90 Å². The number of benzene rings is 2. The molecule has 0 radical (unpaired) electrons. The van der Waals surface area contributed by atoms with Gasteiger partial charge in [0.25, 0.3) is 0 Å². The minimum absolute atomic E-state index is 0.126. The second-order valence-electron chi connectivity index (χ2n) is 6.79. The molecule has 0 bridgehead atoms. The van der Waals surface area contributed by atoms with E-state index in [1.54, 1.807) is 25.3 Å². The molecule has 29 heavy (non-hydrogen) atoms. The molecule has 1 saturated heterocycles. The molecule has 1 aliphatic rings. The monoisotopic (exact) mass is 397 g/mol. The summed E-state index contributed by atoms with van der Waals surface area (Å²) in [4.78, 5) is 28.3. The number of nitrogens with zero attached hydrogens (tertiary/aromatic N) is 2. The highest BCUT2D eigenvalue weighted by molar-refractivity contribution is 5.90. The lowest BCUT2D eigenvalue weighted by Crippen LogP contribution is -2.49. The Bertz CT molecular complexity index is 847. The summed E-state index contributed by atoms with van der Waals surface area (Å²) in [6, 6.07) is 15.0. The molecule has 0 unspecified atom stereocenters. The second-order valence-corrected chi connectivity index (χ2v) is 6.79. The number of carbonyl (C=O) groups is 2. The maximum Gasteiger partial charge on any atom is 0.337 e. The minimum Gasteiger partial charge on any atom is -0.495 e. The molecule has 1 aliphatic heterocycles. The fourth-order valence-corrected chi connectivity index (χ4v) is 3.43. The number of ether oxygens (including phenoxy) is 2. The lowest BCUT2D eigenvalue weighted by Gasteiger charge is -2.36. The Labute approximate surface area is 171 Å². The third kappa shape index (κ3) is 5.19. The highest BCUT2D eigenvalue weighted by Crippen LogP contribution is 2.28. The van der Waals surface area contributed by atoms with Gasteiger partial charge in [0.1, 0.15) is 5.75 Å². The van der Waals surface area contributed by atoms with E-state index in [9.17, 15) is 9.59 Å². The third-order valence-corrected chi connectivity index (χ3v) is 5.01. The zero-order chi connectivity index (χ0) is 20.6. The zero-order valence-electron chi connectivity index (χ0n) is 16.9. The van der Waals surface area contributed by atoms with Gasteiger partial charge in [-0.1, -0.05) is 18.2 Å². The number of amides is 1. The van der Waals surface area contributed by atoms with Crippen LogP contribution in [-0.4, -0.2) is 63.7 Å². The summed E-state index contributed by atoms with van der Waals surface area (Å²) in [6.07, 6.45) is 0.400. The molecule has 7 heteroatoms. The van der Waals surface area contributed by atoms with Crippen LogP contribution in [0.1, 0.15) is 16.8 Å². The van der Waals surface area contributed by atoms with Gasteiger partial charge in [-0.05, 0) is 30.3 Å². The van der Waals surface area contributed by atoms with Crippen LogP contribution in [0.3, 0.4) is 0 Å². The van der Waals surface area contributed by atoms with E-state index < -0.39 is 0 Å². The zero-order valence-corrected chi connectivity index (χ0v) is 16.9. The third-order valence-electron chi connectivity index (χ3n) is 5.01. The van der Waals surface area contributed by atoms with E-state index >= 15 is 0 Å². The number of piperazine rings is 1. The number of para-hydroxylation sites is 2. The highest BCUT2D eigenvalue weighted by Gasteiger charge is 2.22. The normalized spacial score (nSPS) is 13.7. The number of hydrogen-bond acceptors (Lipinski definition) is 6. The summed E-state index contributed by atoms with van der Waals surface area (Å²) in [5, 5.41) is 3.20. The summed E-state index contributed by atoms with van der Waals surface area (Å²) in [7, 11) is 3.03. The highest BCUT2D eigenvalue weighted by atomic mass is 16.5. The van der Waals surface area contributed by atoms with Gasteiger partial charge in [0.2, 0.25) is 5.91 Å². The smallest absolute Gasteiger partial charge is 0.337 e. The molecule has 1 N–H and O–H groups in total. The molecular weight excluding hydrogens is 370 g/mol. The summed E-state index contributed by atoms with van der Waals surface area (Å²) in [5.74, 6) is 0.601. The average molecular weight is 397 g/mol. The number of carbonyl (C=O) groups excluding carboxylic acids is 2. The van der Waals surface area contributed by atoms with Crippen LogP contribution in [0.15, 0.2) is 48.5 Å². The number of esters is 1. The van der Waals surface area contributed by atoms with Crippen molar-refractivity contribution in [2.45, 2.75) is 6.42 Å². The molecule has 2 aromatic rings. The molecular formula is C22H27N3O4. The number of methoxy groups -OCH3 is 2.